The molecule has 130 valence electrons. The second-order valence-corrected chi connectivity index (χ2v) is 5.56. The maximum Gasteiger partial charge on any atom is 0.337 e. The third kappa shape index (κ3) is 4.91. The van der Waals surface area contributed by atoms with Crippen LogP contribution in [0.5, 0.6) is 0 Å². The van der Waals surface area contributed by atoms with Crippen LogP contribution in [0.15, 0.2) is 42.5 Å². The van der Waals surface area contributed by atoms with Gasteiger partial charge >= 0.3 is 5.97 Å². The summed E-state index contributed by atoms with van der Waals surface area (Å²) in [6.45, 7) is 3.40. The molecule has 0 radical (unpaired) electrons. The molecule has 1 amide bonds. The molecule has 6 heteroatoms. The SMILES string of the molecule is COC(=O)c1ccc(C)c(NC(=O)CNc2ccc(C(C)=O)cc2)c1. The molecular formula is C19H20N2O4. The molecule has 2 aromatic rings. The summed E-state index contributed by atoms with van der Waals surface area (Å²) in [5, 5.41) is 5.75. The fraction of sp³-hybridized carbons (Fsp3) is 0.211. The maximum absolute atomic E-state index is 12.1. The zero-order valence-electron chi connectivity index (χ0n) is 14.4. The lowest BCUT2D eigenvalue weighted by Gasteiger charge is -2.11. The van der Waals surface area contributed by atoms with Crippen LogP contribution in [0.25, 0.3) is 0 Å². The summed E-state index contributed by atoms with van der Waals surface area (Å²) >= 11 is 0. The van der Waals surface area contributed by atoms with Gasteiger partial charge in [-0.2, -0.15) is 0 Å². The normalized spacial score (nSPS) is 10.0. The van der Waals surface area contributed by atoms with Crippen LogP contribution >= 0.6 is 0 Å². The van der Waals surface area contributed by atoms with Crippen LogP contribution in [0.4, 0.5) is 11.4 Å². The minimum absolute atomic E-state index is 0.00902. The summed E-state index contributed by atoms with van der Waals surface area (Å²) in [6, 6.07) is 11.9. The number of esters is 1. The number of benzene rings is 2. The number of aryl methyl sites for hydroxylation is 1. The van der Waals surface area contributed by atoms with Crippen molar-refractivity contribution < 1.29 is 19.1 Å². The van der Waals surface area contributed by atoms with Crippen LogP contribution < -0.4 is 10.6 Å². The first-order valence-corrected chi connectivity index (χ1v) is 7.74. The molecule has 0 atom stereocenters. The molecule has 0 heterocycles. The van der Waals surface area contributed by atoms with Crippen molar-refractivity contribution in [3.8, 4) is 0 Å². The molecule has 0 saturated heterocycles. The Labute approximate surface area is 146 Å². The Morgan fingerprint density at radius 1 is 1.00 bits per heavy atom. The number of carbonyl (C=O) groups excluding carboxylic acids is 3. The van der Waals surface area contributed by atoms with E-state index in [-0.39, 0.29) is 18.2 Å². The lowest BCUT2D eigenvalue weighted by atomic mass is 10.1. The predicted octanol–water partition coefficient (Wildman–Crippen LogP) is 3.03. The minimum atomic E-state index is -0.459. The summed E-state index contributed by atoms with van der Waals surface area (Å²) in [5.74, 6) is -0.717. The Morgan fingerprint density at radius 2 is 1.64 bits per heavy atom. The van der Waals surface area contributed by atoms with Gasteiger partial charge in [0.05, 0.1) is 19.2 Å². The van der Waals surface area contributed by atoms with E-state index in [1.165, 1.54) is 14.0 Å². The van der Waals surface area contributed by atoms with Gasteiger partial charge in [0, 0.05) is 16.9 Å². The first-order chi connectivity index (χ1) is 11.9. The van der Waals surface area contributed by atoms with Crippen molar-refractivity contribution in [2.24, 2.45) is 0 Å². The van der Waals surface area contributed by atoms with Crippen molar-refractivity contribution in [3.05, 3.63) is 59.2 Å². The van der Waals surface area contributed by atoms with Crippen molar-refractivity contribution in [2.75, 3.05) is 24.3 Å². The lowest BCUT2D eigenvalue weighted by molar-refractivity contribution is -0.114. The van der Waals surface area contributed by atoms with E-state index in [4.69, 9.17) is 0 Å². The summed E-state index contributed by atoms with van der Waals surface area (Å²) < 4.78 is 4.68. The quantitative estimate of drug-likeness (QED) is 0.624. The first kappa shape index (κ1) is 18.2. The van der Waals surface area contributed by atoms with E-state index in [1.54, 1.807) is 42.5 Å². The Bertz CT molecular complexity index is 798. The van der Waals surface area contributed by atoms with Crippen molar-refractivity contribution in [1.29, 1.82) is 0 Å². The summed E-state index contributed by atoms with van der Waals surface area (Å²) in [5.41, 5.74) is 3.12. The number of hydrogen-bond donors (Lipinski definition) is 2. The van der Waals surface area contributed by atoms with Crippen LogP contribution in [0.2, 0.25) is 0 Å². The third-order valence-electron chi connectivity index (χ3n) is 3.68. The average Bonchev–Trinajstić information content (AvgIpc) is 2.61. The molecule has 0 aliphatic rings. The summed E-state index contributed by atoms with van der Waals surface area (Å²) in [6.07, 6.45) is 0. The molecule has 0 aromatic heterocycles. The number of ether oxygens (including phenoxy) is 1. The molecule has 0 unspecified atom stereocenters. The van der Waals surface area contributed by atoms with Gasteiger partial charge in [0.25, 0.3) is 0 Å². The van der Waals surface area contributed by atoms with Gasteiger partial charge in [0.1, 0.15) is 0 Å². The third-order valence-corrected chi connectivity index (χ3v) is 3.68. The molecular weight excluding hydrogens is 320 g/mol. The Balaban J connectivity index is 1.98. The van der Waals surface area contributed by atoms with E-state index < -0.39 is 5.97 Å². The van der Waals surface area contributed by atoms with Crippen LogP contribution in [-0.2, 0) is 9.53 Å². The van der Waals surface area contributed by atoms with Crippen molar-refractivity contribution in [3.63, 3.8) is 0 Å². The highest BCUT2D eigenvalue weighted by Gasteiger charge is 2.10. The molecule has 0 fully saturated rings. The fourth-order valence-electron chi connectivity index (χ4n) is 2.20. The van der Waals surface area contributed by atoms with Gasteiger partial charge < -0.3 is 15.4 Å². The van der Waals surface area contributed by atoms with E-state index in [0.29, 0.717) is 16.8 Å². The molecule has 0 aliphatic heterocycles. The van der Waals surface area contributed by atoms with E-state index in [2.05, 4.69) is 15.4 Å². The standard InChI is InChI=1S/C19H20N2O4/c1-12-4-5-15(19(24)25-3)10-17(12)21-18(23)11-20-16-8-6-14(7-9-16)13(2)22/h4-10,20H,11H2,1-3H3,(H,21,23). The van der Waals surface area contributed by atoms with E-state index in [1.807, 2.05) is 6.92 Å². The molecule has 0 aliphatic carbocycles. The number of Topliss-reactive ketones (excluding diaryl/α,β-unsaturated/α-hetero) is 1. The zero-order valence-corrected chi connectivity index (χ0v) is 14.4. The highest BCUT2D eigenvalue weighted by Crippen LogP contribution is 2.17. The first-order valence-electron chi connectivity index (χ1n) is 7.74. The van der Waals surface area contributed by atoms with E-state index >= 15 is 0 Å². The van der Waals surface area contributed by atoms with Crippen LogP contribution in [0.1, 0.15) is 33.2 Å². The Morgan fingerprint density at radius 3 is 2.24 bits per heavy atom. The molecule has 0 spiro atoms. The average molecular weight is 340 g/mol. The molecule has 25 heavy (non-hydrogen) atoms. The summed E-state index contributed by atoms with van der Waals surface area (Å²) in [4.78, 5) is 34.9. The minimum Gasteiger partial charge on any atom is -0.465 e. The van der Waals surface area contributed by atoms with Gasteiger partial charge in [-0.15, -0.1) is 0 Å². The second-order valence-electron chi connectivity index (χ2n) is 5.56. The van der Waals surface area contributed by atoms with E-state index in [9.17, 15) is 14.4 Å². The van der Waals surface area contributed by atoms with Gasteiger partial charge in [-0.05, 0) is 55.8 Å². The van der Waals surface area contributed by atoms with Gasteiger partial charge in [0.2, 0.25) is 5.91 Å². The van der Waals surface area contributed by atoms with Gasteiger partial charge in [-0.25, -0.2) is 4.79 Å². The number of hydrogen-bond acceptors (Lipinski definition) is 5. The van der Waals surface area contributed by atoms with Crippen LogP contribution in [0.3, 0.4) is 0 Å². The van der Waals surface area contributed by atoms with Gasteiger partial charge in [-0.3, -0.25) is 9.59 Å². The maximum atomic E-state index is 12.1. The molecule has 0 saturated carbocycles. The Hall–Kier alpha value is -3.15. The van der Waals surface area contributed by atoms with Gasteiger partial charge in [0.15, 0.2) is 5.78 Å². The monoisotopic (exact) mass is 340 g/mol. The number of rotatable bonds is 6. The molecule has 2 aromatic carbocycles. The molecule has 2 rings (SSSR count). The number of ketones is 1. The van der Waals surface area contributed by atoms with Crippen molar-refractivity contribution in [1.82, 2.24) is 0 Å². The van der Waals surface area contributed by atoms with Crippen LogP contribution in [-0.4, -0.2) is 31.3 Å². The number of amides is 1. The number of nitrogens with one attached hydrogen (secondary N) is 2. The zero-order chi connectivity index (χ0) is 18.4. The van der Waals surface area contributed by atoms with Crippen LogP contribution in [0, 0.1) is 6.92 Å². The lowest BCUT2D eigenvalue weighted by Crippen LogP contribution is -2.22. The summed E-state index contributed by atoms with van der Waals surface area (Å²) in [7, 11) is 1.31. The molecule has 6 nitrogen and oxygen atoms in total. The van der Waals surface area contributed by atoms with Crippen molar-refractivity contribution >= 4 is 29.0 Å². The number of methoxy groups -OCH3 is 1. The van der Waals surface area contributed by atoms with Gasteiger partial charge in [-0.1, -0.05) is 6.07 Å². The highest BCUT2D eigenvalue weighted by atomic mass is 16.5. The highest BCUT2D eigenvalue weighted by molar-refractivity contribution is 5.97. The number of anilines is 2. The number of carbonyl (C=O) groups is 3. The topological polar surface area (TPSA) is 84.5 Å². The smallest absolute Gasteiger partial charge is 0.337 e. The largest absolute Gasteiger partial charge is 0.465 e. The predicted molar refractivity (Wildman–Crippen MR) is 96.1 cm³/mol. The molecule has 0 bridgehead atoms. The fourth-order valence-corrected chi connectivity index (χ4v) is 2.20. The van der Waals surface area contributed by atoms with Crippen molar-refractivity contribution in [2.45, 2.75) is 13.8 Å². The van der Waals surface area contributed by atoms with E-state index in [0.717, 1.165) is 11.3 Å². The Kier molecular flexibility index (Phi) is 5.89. The second kappa shape index (κ2) is 8.10. The molecule has 2 N–H and O–H groups in total.